The molecule has 0 bridgehead atoms. The summed E-state index contributed by atoms with van der Waals surface area (Å²) in [6, 6.07) is 10.2. The molecule has 8 nitrogen and oxygen atoms in total. The first kappa shape index (κ1) is 19.0. The molecule has 0 saturated carbocycles. The van der Waals surface area contributed by atoms with Crippen LogP contribution in [0.25, 0.3) is 0 Å². The molecule has 3 rings (SSSR count). The number of nitriles is 1. The Bertz CT molecular complexity index is 949. The van der Waals surface area contributed by atoms with Crippen LogP contribution in [-0.2, 0) is 9.59 Å². The minimum atomic E-state index is -0.802. The molecule has 1 atom stereocenters. The third-order valence-electron chi connectivity index (χ3n) is 4.66. The summed E-state index contributed by atoms with van der Waals surface area (Å²) < 4.78 is 0. The zero-order valence-corrected chi connectivity index (χ0v) is 15.1. The van der Waals surface area contributed by atoms with Gasteiger partial charge in [0.25, 0.3) is 0 Å². The largest absolute Gasteiger partial charge is 0.366 e. The Morgan fingerprint density at radius 3 is 2.61 bits per heavy atom. The molecular weight excluding hydrogens is 358 g/mol. The molecule has 28 heavy (non-hydrogen) atoms. The second-order valence-corrected chi connectivity index (χ2v) is 6.52. The summed E-state index contributed by atoms with van der Waals surface area (Å²) in [7, 11) is 0. The van der Waals surface area contributed by atoms with Gasteiger partial charge in [-0.1, -0.05) is 12.1 Å². The summed E-state index contributed by atoms with van der Waals surface area (Å²) in [5.74, 6) is -2.13. The van der Waals surface area contributed by atoms with Crippen molar-refractivity contribution in [3.63, 3.8) is 0 Å². The van der Waals surface area contributed by atoms with Crippen LogP contribution in [0, 0.1) is 11.3 Å². The minimum Gasteiger partial charge on any atom is -0.366 e. The fourth-order valence-electron chi connectivity index (χ4n) is 3.26. The van der Waals surface area contributed by atoms with E-state index in [2.05, 4.69) is 16.4 Å². The first-order valence-electron chi connectivity index (χ1n) is 8.86. The lowest BCUT2D eigenvalue weighted by Crippen LogP contribution is -2.44. The molecule has 1 fully saturated rings. The molecule has 0 unspecified atom stereocenters. The average Bonchev–Trinajstić information content (AvgIpc) is 2.73. The van der Waals surface area contributed by atoms with E-state index in [0.717, 1.165) is 24.8 Å². The van der Waals surface area contributed by atoms with Crippen molar-refractivity contribution in [1.82, 2.24) is 9.88 Å². The number of hydrogen-bond acceptors (Lipinski definition) is 5. The molecule has 0 spiro atoms. The van der Waals surface area contributed by atoms with Crippen molar-refractivity contribution in [2.75, 3.05) is 11.9 Å². The first-order valence-corrected chi connectivity index (χ1v) is 8.86. The van der Waals surface area contributed by atoms with Gasteiger partial charge in [0.15, 0.2) is 0 Å². The number of carbonyl (C=O) groups is 3. The van der Waals surface area contributed by atoms with E-state index in [9.17, 15) is 14.4 Å². The van der Waals surface area contributed by atoms with E-state index in [4.69, 9.17) is 11.0 Å². The van der Waals surface area contributed by atoms with E-state index in [-0.39, 0.29) is 17.3 Å². The standard InChI is InChI=1S/C20H19N5O3/c21-10-13-4-6-14(7-5-13)17-3-1-2-8-25(17)20(28)19(27)24-16-9-15(18(22)26)11-23-12-16/h4-7,9,11-12,17H,1-3,8H2,(H2,22,26)(H,24,27)/t17-/m0/s1. The van der Waals surface area contributed by atoms with Gasteiger partial charge < -0.3 is 16.0 Å². The number of aromatic nitrogens is 1. The Kier molecular flexibility index (Phi) is 5.65. The zero-order valence-electron chi connectivity index (χ0n) is 15.1. The lowest BCUT2D eigenvalue weighted by molar-refractivity contribution is -0.145. The van der Waals surface area contributed by atoms with Crippen LogP contribution in [0.2, 0.25) is 0 Å². The van der Waals surface area contributed by atoms with Gasteiger partial charge in [0.2, 0.25) is 5.91 Å². The number of primary amides is 1. The van der Waals surface area contributed by atoms with Gasteiger partial charge in [-0.3, -0.25) is 19.4 Å². The predicted octanol–water partition coefficient (Wildman–Crippen LogP) is 1.74. The number of carbonyl (C=O) groups excluding carboxylic acids is 3. The quantitative estimate of drug-likeness (QED) is 0.787. The van der Waals surface area contributed by atoms with Gasteiger partial charge in [-0.05, 0) is 43.0 Å². The Labute approximate surface area is 162 Å². The number of pyridine rings is 1. The highest BCUT2D eigenvalue weighted by molar-refractivity contribution is 6.39. The van der Waals surface area contributed by atoms with Crippen molar-refractivity contribution in [2.24, 2.45) is 5.73 Å². The first-order chi connectivity index (χ1) is 13.5. The van der Waals surface area contributed by atoms with Crippen molar-refractivity contribution < 1.29 is 14.4 Å². The molecule has 8 heteroatoms. The van der Waals surface area contributed by atoms with Crippen molar-refractivity contribution >= 4 is 23.4 Å². The molecule has 142 valence electrons. The van der Waals surface area contributed by atoms with E-state index in [1.807, 2.05) is 12.1 Å². The fraction of sp³-hybridized carbons (Fsp3) is 0.250. The van der Waals surface area contributed by atoms with Gasteiger partial charge in [-0.15, -0.1) is 0 Å². The number of rotatable bonds is 3. The normalized spacial score (nSPS) is 16.1. The number of amides is 3. The SMILES string of the molecule is N#Cc1ccc([C@@H]2CCCCN2C(=O)C(=O)Nc2cncc(C(N)=O)c2)cc1. The van der Waals surface area contributed by atoms with Gasteiger partial charge in [0.1, 0.15) is 0 Å². The minimum absolute atomic E-state index is 0.138. The van der Waals surface area contributed by atoms with E-state index in [0.29, 0.717) is 12.1 Å². The molecule has 1 aliphatic rings. The summed E-state index contributed by atoms with van der Waals surface area (Å²) in [4.78, 5) is 41.9. The van der Waals surface area contributed by atoms with Crippen LogP contribution in [0.1, 0.15) is 46.8 Å². The maximum Gasteiger partial charge on any atom is 0.313 e. The molecule has 1 aromatic carbocycles. The summed E-state index contributed by atoms with van der Waals surface area (Å²) in [6.45, 7) is 0.469. The van der Waals surface area contributed by atoms with Gasteiger partial charge >= 0.3 is 11.8 Å². The Morgan fingerprint density at radius 1 is 1.18 bits per heavy atom. The maximum absolute atomic E-state index is 12.8. The van der Waals surface area contributed by atoms with Crippen molar-refractivity contribution in [3.05, 3.63) is 59.4 Å². The monoisotopic (exact) mass is 377 g/mol. The van der Waals surface area contributed by atoms with Crippen molar-refractivity contribution in [1.29, 1.82) is 5.26 Å². The van der Waals surface area contributed by atoms with Gasteiger partial charge in [0, 0.05) is 12.7 Å². The highest BCUT2D eigenvalue weighted by Gasteiger charge is 2.31. The van der Waals surface area contributed by atoms with Crippen LogP contribution < -0.4 is 11.1 Å². The van der Waals surface area contributed by atoms with Crippen LogP contribution in [0.4, 0.5) is 5.69 Å². The number of piperidine rings is 1. The number of nitrogens with zero attached hydrogens (tertiary/aromatic N) is 3. The molecule has 3 N–H and O–H groups in total. The Hall–Kier alpha value is -3.73. The lowest BCUT2D eigenvalue weighted by Gasteiger charge is -2.35. The average molecular weight is 377 g/mol. The highest BCUT2D eigenvalue weighted by atomic mass is 16.2. The molecule has 1 aliphatic heterocycles. The third kappa shape index (κ3) is 4.15. The number of nitrogens with two attached hydrogens (primary N) is 1. The molecule has 0 aliphatic carbocycles. The molecule has 0 radical (unpaired) electrons. The zero-order chi connectivity index (χ0) is 20.1. The number of likely N-dealkylation sites (tertiary alicyclic amines) is 1. The number of hydrogen-bond donors (Lipinski definition) is 2. The van der Waals surface area contributed by atoms with Crippen LogP contribution in [-0.4, -0.2) is 34.2 Å². The maximum atomic E-state index is 12.8. The molecule has 1 aromatic heterocycles. The van der Waals surface area contributed by atoms with Gasteiger partial charge in [-0.25, -0.2) is 0 Å². The second kappa shape index (κ2) is 8.31. The van der Waals surface area contributed by atoms with E-state index in [1.165, 1.54) is 18.5 Å². The van der Waals surface area contributed by atoms with Crippen LogP contribution in [0.5, 0.6) is 0 Å². The van der Waals surface area contributed by atoms with Gasteiger partial charge in [0.05, 0.1) is 35.1 Å². The number of anilines is 1. The summed E-state index contributed by atoms with van der Waals surface area (Å²) in [5, 5.41) is 11.4. The Balaban J connectivity index is 1.76. The highest BCUT2D eigenvalue weighted by Crippen LogP contribution is 2.31. The Morgan fingerprint density at radius 2 is 1.93 bits per heavy atom. The van der Waals surface area contributed by atoms with E-state index >= 15 is 0 Å². The van der Waals surface area contributed by atoms with Crippen molar-refractivity contribution in [2.45, 2.75) is 25.3 Å². The van der Waals surface area contributed by atoms with E-state index < -0.39 is 17.7 Å². The smallest absolute Gasteiger partial charge is 0.313 e. The number of nitrogens with one attached hydrogen (secondary N) is 1. The van der Waals surface area contributed by atoms with Crippen LogP contribution in [0.3, 0.4) is 0 Å². The number of benzene rings is 1. The summed E-state index contributed by atoms with van der Waals surface area (Å²) >= 11 is 0. The van der Waals surface area contributed by atoms with E-state index in [1.54, 1.807) is 17.0 Å². The molecule has 1 saturated heterocycles. The predicted molar refractivity (Wildman–Crippen MR) is 101 cm³/mol. The molecule has 2 heterocycles. The topological polar surface area (TPSA) is 129 Å². The van der Waals surface area contributed by atoms with Gasteiger partial charge in [-0.2, -0.15) is 5.26 Å². The summed E-state index contributed by atoms with van der Waals surface area (Å²) in [5.41, 5.74) is 6.99. The van der Waals surface area contributed by atoms with Crippen molar-refractivity contribution in [3.8, 4) is 6.07 Å². The molecule has 2 aromatic rings. The fourth-order valence-corrected chi connectivity index (χ4v) is 3.26. The third-order valence-corrected chi connectivity index (χ3v) is 4.66. The van der Waals surface area contributed by atoms with Crippen LogP contribution in [0.15, 0.2) is 42.7 Å². The molecule has 3 amide bonds. The van der Waals surface area contributed by atoms with Crippen LogP contribution >= 0.6 is 0 Å². The molecular formula is C20H19N5O3. The second-order valence-electron chi connectivity index (χ2n) is 6.52. The lowest BCUT2D eigenvalue weighted by atomic mass is 9.94. The summed E-state index contributed by atoms with van der Waals surface area (Å²) in [6.07, 6.45) is 5.12.